The van der Waals surface area contributed by atoms with Crippen LogP contribution in [-0.4, -0.2) is 109 Å². The fourth-order valence-corrected chi connectivity index (χ4v) is 6.90. The van der Waals surface area contributed by atoms with Crippen molar-refractivity contribution in [2.75, 3.05) is 33.2 Å². The average Bonchev–Trinajstić information content (AvgIpc) is 3.78. The van der Waals surface area contributed by atoms with E-state index in [4.69, 9.17) is 35.3 Å². The van der Waals surface area contributed by atoms with E-state index < -0.39 is 71.8 Å². The Kier molecular flexibility index (Phi) is 12.2. The van der Waals surface area contributed by atoms with Crippen LogP contribution in [0, 0.1) is 11.8 Å². The molecule has 4 rings (SSSR count). The van der Waals surface area contributed by atoms with Gasteiger partial charge in [0.05, 0.1) is 25.3 Å². The highest BCUT2D eigenvalue weighted by molar-refractivity contribution is 6.35. The smallest absolute Gasteiger partial charge is 0.409 e. The zero-order chi connectivity index (χ0) is 38.2. The quantitative estimate of drug-likeness (QED) is 0.287. The van der Waals surface area contributed by atoms with Crippen molar-refractivity contribution in [3.63, 3.8) is 0 Å². The molecule has 15 heteroatoms. The number of likely N-dealkylation sites (N-methyl/N-ethyl adjacent to an activating group) is 1. The number of amides is 3. The number of aliphatic hydroxyl groups excluding tert-OH is 1. The van der Waals surface area contributed by atoms with Crippen molar-refractivity contribution in [2.45, 2.75) is 102 Å². The number of epoxide rings is 1. The Labute approximate surface area is 303 Å². The van der Waals surface area contributed by atoms with E-state index in [2.05, 4.69) is 5.32 Å². The molecule has 282 valence electrons. The van der Waals surface area contributed by atoms with E-state index in [0.717, 1.165) is 0 Å². The summed E-state index contributed by atoms with van der Waals surface area (Å²) in [6, 6.07) is 2.13. The maximum atomic E-state index is 14.1. The maximum absolute atomic E-state index is 14.1. The first-order chi connectivity index (χ1) is 23.8. The second-order valence-corrected chi connectivity index (χ2v) is 14.4. The van der Waals surface area contributed by atoms with Gasteiger partial charge in [0.25, 0.3) is 0 Å². The molecule has 0 aromatic heterocycles. The predicted octanol–water partition coefficient (Wildman–Crippen LogP) is 3.66. The van der Waals surface area contributed by atoms with Gasteiger partial charge in [0.2, 0.25) is 11.8 Å². The van der Waals surface area contributed by atoms with Crippen LogP contribution >= 0.6 is 11.6 Å². The van der Waals surface area contributed by atoms with Gasteiger partial charge >= 0.3 is 12.1 Å². The number of fused-ring (bicyclic) bond motifs is 5. The fraction of sp³-hybridized carbons (Fsp3) is 0.611. The standard InChI is InChI=1S/C36H50ClN3O11/c1-18(2)32(43)39(7)21(5)33(44)50-27-16-28(41)40(8)23-14-22(15-24(47-9)29(23)37)30(42)19(3)12-11-13-26(48-10)36(46)17-25(49-34(45)38-36)20(4)31-35(27,6)51-31/h11-15,18,20-21,25-27,30-31,42,46H,16-17H2,1-10H3,(H,38,45)/t20-,21-,25+,26-,27+,30-,31+,35+,36+/m1/s1. The average molecular weight is 736 g/mol. The van der Waals surface area contributed by atoms with Crippen molar-refractivity contribution in [1.29, 1.82) is 0 Å². The number of hydrogen-bond donors (Lipinski definition) is 3. The first-order valence-electron chi connectivity index (χ1n) is 16.9. The number of nitrogens with zero attached hydrogens (tertiary/aromatic N) is 2. The molecule has 0 aliphatic carbocycles. The number of nitrogens with one attached hydrogen (secondary N) is 1. The Morgan fingerprint density at radius 1 is 1.20 bits per heavy atom. The summed E-state index contributed by atoms with van der Waals surface area (Å²) in [5, 5.41) is 25.6. The number of anilines is 1. The molecule has 9 atom stereocenters. The van der Waals surface area contributed by atoms with Gasteiger partial charge in [0.1, 0.15) is 46.8 Å². The van der Waals surface area contributed by atoms with Crippen molar-refractivity contribution in [1.82, 2.24) is 10.2 Å². The largest absolute Gasteiger partial charge is 0.495 e. The molecule has 0 radical (unpaired) electrons. The first kappa shape index (κ1) is 40.1. The normalized spacial score (nSPS) is 31.9. The minimum Gasteiger partial charge on any atom is -0.495 e. The zero-order valence-electron chi connectivity index (χ0n) is 30.8. The van der Waals surface area contributed by atoms with Crippen molar-refractivity contribution in [2.24, 2.45) is 11.8 Å². The highest BCUT2D eigenvalue weighted by Gasteiger charge is 2.64. The topological polar surface area (TPSA) is 177 Å². The van der Waals surface area contributed by atoms with Crippen LogP contribution in [0.3, 0.4) is 0 Å². The number of benzene rings is 1. The van der Waals surface area contributed by atoms with Crippen LogP contribution in [0.2, 0.25) is 5.02 Å². The Morgan fingerprint density at radius 2 is 1.86 bits per heavy atom. The van der Waals surface area contributed by atoms with Gasteiger partial charge < -0.3 is 43.7 Å². The fourth-order valence-electron chi connectivity index (χ4n) is 6.58. The van der Waals surface area contributed by atoms with Crippen molar-refractivity contribution in [3.8, 4) is 5.75 Å². The van der Waals surface area contributed by atoms with E-state index in [-0.39, 0.29) is 41.1 Å². The number of esters is 1. The molecule has 3 amide bonds. The Balaban J connectivity index is 1.81. The molecule has 3 aliphatic rings. The number of aliphatic hydroxyl groups is 2. The molecule has 0 spiro atoms. The van der Waals surface area contributed by atoms with Gasteiger partial charge in [-0.3, -0.25) is 14.9 Å². The Bertz CT molecular complexity index is 1580. The zero-order valence-corrected chi connectivity index (χ0v) is 31.5. The van der Waals surface area contributed by atoms with Gasteiger partial charge in [0.15, 0.2) is 5.72 Å². The minimum atomic E-state index is -1.89. The van der Waals surface area contributed by atoms with Gasteiger partial charge in [-0.25, -0.2) is 9.59 Å². The molecule has 14 nitrogen and oxygen atoms in total. The minimum absolute atomic E-state index is 0.0978. The molecule has 3 aliphatic heterocycles. The third kappa shape index (κ3) is 8.20. The number of halogens is 1. The number of rotatable bonds is 6. The van der Waals surface area contributed by atoms with Crippen LogP contribution < -0.4 is 15.0 Å². The molecule has 0 unspecified atom stereocenters. The predicted molar refractivity (Wildman–Crippen MR) is 187 cm³/mol. The van der Waals surface area contributed by atoms with E-state index in [1.165, 1.54) is 45.0 Å². The summed E-state index contributed by atoms with van der Waals surface area (Å²) in [6.45, 7) is 10.1. The summed E-state index contributed by atoms with van der Waals surface area (Å²) in [4.78, 5) is 55.8. The molecule has 1 aromatic carbocycles. The second-order valence-electron chi connectivity index (χ2n) is 14.1. The summed E-state index contributed by atoms with van der Waals surface area (Å²) in [7, 11) is 5.80. The van der Waals surface area contributed by atoms with Crippen LogP contribution in [0.5, 0.6) is 5.75 Å². The van der Waals surface area contributed by atoms with Crippen molar-refractivity contribution in [3.05, 3.63) is 46.5 Å². The third-order valence-corrected chi connectivity index (χ3v) is 10.6. The summed E-state index contributed by atoms with van der Waals surface area (Å²) >= 11 is 6.70. The van der Waals surface area contributed by atoms with Gasteiger partial charge in [-0.2, -0.15) is 0 Å². The van der Waals surface area contributed by atoms with Gasteiger partial charge in [-0.05, 0) is 44.0 Å². The van der Waals surface area contributed by atoms with Gasteiger partial charge in [-0.15, -0.1) is 0 Å². The van der Waals surface area contributed by atoms with Crippen LogP contribution in [0.15, 0.2) is 35.9 Å². The number of hydrogen-bond acceptors (Lipinski definition) is 11. The lowest BCUT2D eigenvalue weighted by atomic mass is 9.83. The van der Waals surface area contributed by atoms with Crippen molar-refractivity contribution < 1.29 is 53.1 Å². The Hall–Kier alpha value is -3.69. The Morgan fingerprint density at radius 3 is 2.47 bits per heavy atom. The summed E-state index contributed by atoms with van der Waals surface area (Å²) in [5.41, 5.74) is -2.04. The highest BCUT2D eigenvalue weighted by atomic mass is 35.5. The van der Waals surface area contributed by atoms with Crippen LogP contribution in [0.1, 0.15) is 66.1 Å². The molecule has 3 N–H and O–H groups in total. The molecule has 3 heterocycles. The number of methoxy groups -OCH3 is 2. The molecule has 51 heavy (non-hydrogen) atoms. The monoisotopic (exact) mass is 735 g/mol. The molecular weight excluding hydrogens is 686 g/mol. The molecule has 2 saturated heterocycles. The molecule has 0 saturated carbocycles. The highest BCUT2D eigenvalue weighted by Crippen LogP contribution is 2.49. The lowest BCUT2D eigenvalue weighted by molar-refractivity contribution is -0.162. The lowest BCUT2D eigenvalue weighted by Crippen LogP contribution is -2.63. The van der Waals surface area contributed by atoms with E-state index >= 15 is 0 Å². The van der Waals surface area contributed by atoms with Crippen molar-refractivity contribution >= 4 is 41.2 Å². The van der Waals surface area contributed by atoms with E-state index in [0.29, 0.717) is 11.1 Å². The first-order valence-corrected chi connectivity index (χ1v) is 17.2. The summed E-state index contributed by atoms with van der Waals surface area (Å²) < 4.78 is 28.9. The molecule has 2 fully saturated rings. The number of ether oxygens (including phenoxy) is 5. The van der Waals surface area contributed by atoms with Crippen LogP contribution in [0.25, 0.3) is 0 Å². The van der Waals surface area contributed by atoms with Gasteiger partial charge in [-0.1, -0.05) is 50.6 Å². The van der Waals surface area contributed by atoms with Gasteiger partial charge in [0, 0.05) is 39.5 Å². The second kappa shape index (κ2) is 15.5. The number of carbonyl (C=O) groups is 4. The molecule has 4 bridgehead atoms. The summed E-state index contributed by atoms with van der Waals surface area (Å²) in [6.07, 6.45) is -1.50. The molecule has 1 aromatic rings. The van der Waals surface area contributed by atoms with E-state index in [1.54, 1.807) is 65.0 Å². The molecular formula is C36H50ClN3O11. The van der Waals surface area contributed by atoms with Crippen LogP contribution in [-0.2, 0) is 33.3 Å². The number of carbonyl (C=O) groups excluding carboxylic acids is 4. The van der Waals surface area contributed by atoms with E-state index in [9.17, 15) is 29.4 Å². The summed E-state index contributed by atoms with van der Waals surface area (Å²) in [5.74, 6) is -2.24. The number of alkyl carbamates (subject to hydrolysis) is 1. The maximum Gasteiger partial charge on any atom is 0.409 e. The van der Waals surface area contributed by atoms with Crippen LogP contribution in [0.4, 0.5) is 10.5 Å². The lowest BCUT2D eigenvalue weighted by Gasteiger charge is -2.42. The van der Waals surface area contributed by atoms with E-state index in [1.807, 2.05) is 0 Å². The SMILES string of the molecule is COc1cc2cc(c1Cl)N(C)C(=O)C[C@H](OC(=O)[C@@H](C)N(C)C(=O)C(C)C)[C@]1(C)O[C@H]1[C@H](C)[C@@H]1C[C@@](O)(NC(=O)O1)[C@H](OC)C=CC=C(C)[C@H]2O. The third-order valence-electron chi connectivity index (χ3n) is 10.2. The number of allylic oxidation sites excluding steroid dienone is 2.